The van der Waals surface area contributed by atoms with Gasteiger partial charge in [0, 0.05) is 31.2 Å². The van der Waals surface area contributed by atoms with Crippen molar-refractivity contribution in [2.45, 2.75) is 60.4 Å². The molecule has 0 atom stereocenters. The maximum Gasteiger partial charge on any atom is 0.250 e. The summed E-state index contributed by atoms with van der Waals surface area (Å²) in [6.45, 7) is 2.04. The van der Waals surface area contributed by atoms with Crippen LogP contribution in [-0.2, 0) is 17.6 Å². The molecule has 0 unspecified atom stereocenters. The second-order valence-electron chi connectivity index (χ2n) is 10.8. The maximum absolute atomic E-state index is 12.9. The van der Waals surface area contributed by atoms with E-state index in [9.17, 15) is 4.79 Å². The predicted octanol–water partition coefficient (Wildman–Crippen LogP) is 4.72. The van der Waals surface area contributed by atoms with E-state index in [1.807, 2.05) is 31.7 Å². The quantitative estimate of drug-likeness (QED) is 0.560. The largest absolute Gasteiger partial charge is 0.355 e. The van der Waals surface area contributed by atoms with Gasteiger partial charge in [-0.05, 0) is 67.6 Å². The molecule has 7 rings (SSSR count). The van der Waals surface area contributed by atoms with Crippen LogP contribution in [0.25, 0.3) is 0 Å². The summed E-state index contributed by atoms with van der Waals surface area (Å²) >= 11 is 1.52. The summed E-state index contributed by atoms with van der Waals surface area (Å²) in [6.07, 6.45) is 13.2. The number of aromatic nitrogens is 3. The Morgan fingerprint density at radius 1 is 0.944 bits per heavy atom. The van der Waals surface area contributed by atoms with Crippen LogP contribution in [0.1, 0.15) is 43.2 Å². The number of nitrogens with zero attached hydrogens (tertiary/aromatic N) is 5. The minimum atomic E-state index is -0.431. The molecule has 2 fully saturated rings. The standard InChI is InChI=1S/C28H30N6OS/c1-33-25-24(32-26(35)28(33)8-4-9-28)21(7-12-29-25)36-23-18-30-22(17-31-23)34-13-10-27(11-14-34)15-19-5-2-3-6-20(19)16-27/h2-3,5-7,12,17-18H,4,8-11,13-16H2,1H3,(H,32,35). The minimum absolute atomic E-state index is 0.0771. The maximum atomic E-state index is 12.9. The number of amides is 1. The van der Waals surface area contributed by atoms with E-state index in [1.165, 1.54) is 48.6 Å². The number of carbonyl (C=O) groups is 1. The van der Waals surface area contributed by atoms with Gasteiger partial charge in [-0.1, -0.05) is 36.0 Å². The first kappa shape index (κ1) is 22.1. The zero-order valence-corrected chi connectivity index (χ0v) is 21.4. The van der Waals surface area contributed by atoms with E-state index in [1.54, 1.807) is 0 Å². The highest BCUT2D eigenvalue weighted by Crippen LogP contribution is 2.48. The number of likely N-dealkylation sites (N-methyl/N-ethyl adjacent to an activating group) is 1. The highest BCUT2D eigenvalue weighted by molar-refractivity contribution is 7.99. The fourth-order valence-electron chi connectivity index (χ4n) is 6.52. The number of benzene rings is 1. The number of anilines is 3. The fourth-order valence-corrected chi connectivity index (χ4v) is 7.33. The second-order valence-corrected chi connectivity index (χ2v) is 11.9. The van der Waals surface area contributed by atoms with Gasteiger partial charge in [0.15, 0.2) is 5.82 Å². The molecule has 1 aromatic carbocycles. The lowest BCUT2D eigenvalue weighted by Gasteiger charge is -2.50. The molecule has 2 aliphatic heterocycles. The van der Waals surface area contributed by atoms with E-state index in [2.05, 4.69) is 44.4 Å². The van der Waals surface area contributed by atoms with E-state index in [0.29, 0.717) is 5.41 Å². The summed E-state index contributed by atoms with van der Waals surface area (Å²) in [5, 5.41) is 3.96. The van der Waals surface area contributed by atoms with Crippen LogP contribution in [0.3, 0.4) is 0 Å². The lowest BCUT2D eigenvalue weighted by Crippen LogP contribution is -2.62. The summed E-state index contributed by atoms with van der Waals surface area (Å²) < 4.78 is 0. The van der Waals surface area contributed by atoms with Gasteiger partial charge in [0.25, 0.3) is 0 Å². The van der Waals surface area contributed by atoms with Crippen LogP contribution in [0.4, 0.5) is 17.3 Å². The first-order valence-electron chi connectivity index (χ1n) is 12.9. The SMILES string of the molecule is CN1c2nccc(Sc3cnc(N4CCC5(CC4)Cc4ccccc4C5)cn3)c2NC(=O)C12CCC2. The van der Waals surface area contributed by atoms with E-state index in [4.69, 9.17) is 9.97 Å². The molecular formula is C28H30N6OS. The number of pyridine rings is 1. The Labute approximate surface area is 215 Å². The fraction of sp³-hybridized carbons (Fsp3) is 0.429. The molecule has 36 heavy (non-hydrogen) atoms. The van der Waals surface area contributed by atoms with Crippen LogP contribution in [0, 0.1) is 5.41 Å². The third-order valence-corrected chi connectivity index (χ3v) is 9.90. The normalized spacial score (nSPS) is 21.2. The molecule has 2 spiro atoms. The molecule has 184 valence electrons. The van der Waals surface area contributed by atoms with Crippen LogP contribution >= 0.6 is 11.8 Å². The highest BCUT2D eigenvalue weighted by Gasteiger charge is 2.51. The number of piperidine rings is 1. The van der Waals surface area contributed by atoms with Crippen molar-refractivity contribution < 1.29 is 4.79 Å². The number of carbonyl (C=O) groups excluding carboxylic acids is 1. The third kappa shape index (κ3) is 3.41. The monoisotopic (exact) mass is 498 g/mol. The van der Waals surface area contributed by atoms with Crippen molar-refractivity contribution >= 4 is 35.0 Å². The van der Waals surface area contributed by atoms with Gasteiger partial charge in [-0.3, -0.25) is 4.79 Å². The molecule has 0 radical (unpaired) electrons. The van der Waals surface area contributed by atoms with E-state index in [0.717, 1.165) is 59.6 Å². The average molecular weight is 499 g/mol. The molecule has 0 bridgehead atoms. The first-order chi connectivity index (χ1) is 17.6. The van der Waals surface area contributed by atoms with Gasteiger partial charge in [0.2, 0.25) is 5.91 Å². The van der Waals surface area contributed by atoms with Crippen molar-refractivity contribution in [2.75, 3.05) is 35.3 Å². The van der Waals surface area contributed by atoms with Crippen LogP contribution in [-0.4, -0.2) is 46.5 Å². The average Bonchev–Trinajstić information content (AvgIpc) is 3.22. The van der Waals surface area contributed by atoms with Crippen LogP contribution in [0.5, 0.6) is 0 Å². The molecule has 3 aromatic rings. The Morgan fingerprint density at radius 2 is 1.69 bits per heavy atom. The summed E-state index contributed by atoms with van der Waals surface area (Å²) in [5.41, 5.74) is 3.84. The molecule has 8 heteroatoms. The van der Waals surface area contributed by atoms with Crippen LogP contribution < -0.4 is 15.1 Å². The van der Waals surface area contributed by atoms with Crippen molar-refractivity contribution in [1.82, 2.24) is 15.0 Å². The number of hydrogen-bond donors (Lipinski definition) is 1. The number of hydrogen-bond acceptors (Lipinski definition) is 7. The smallest absolute Gasteiger partial charge is 0.250 e. The van der Waals surface area contributed by atoms with Crippen molar-refractivity contribution in [3.8, 4) is 0 Å². The second kappa shape index (κ2) is 8.20. The van der Waals surface area contributed by atoms with Crippen LogP contribution in [0.15, 0.2) is 58.8 Å². The molecular weight excluding hydrogens is 468 g/mol. The number of nitrogens with one attached hydrogen (secondary N) is 1. The Balaban J connectivity index is 1.04. The van der Waals surface area contributed by atoms with Gasteiger partial charge >= 0.3 is 0 Å². The summed E-state index contributed by atoms with van der Waals surface area (Å²) in [4.78, 5) is 32.4. The van der Waals surface area contributed by atoms with Gasteiger partial charge in [-0.25, -0.2) is 15.0 Å². The third-order valence-electron chi connectivity index (χ3n) is 8.92. The summed E-state index contributed by atoms with van der Waals surface area (Å²) in [7, 11) is 1.99. The zero-order valence-electron chi connectivity index (χ0n) is 20.5. The summed E-state index contributed by atoms with van der Waals surface area (Å²) in [6, 6.07) is 10.9. The Hall–Kier alpha value is -3.13. The molecule has 2 aromatic heterocycles. The molecule has 2 aliphatic carbocycles. The molecule has 7 nitrogen and oxygen atoms in total. The topological polar surface area (TPSA) is 74.2 Å². The van der Waals surface area contributed by atoms with E-state index < -0.39 is 5.54 Å². The number of rotatable bonds is 3. The Morgan fingerprint density at radius 3 is 2.33 bits per heavy atom. The van der Waals surface area contributed by atoms with Crippen LogP contribution in [0.2, 0.25) is 0 Å². The van der Waals surface area contributed by atoms with E-state index >= 15 is 0 Å². The Bertz CT molecular complexity index is 1300. The van der Waals surface area contributed by atoms with Gasteiger partial charge in [-0.2, -0.15) is 0 Å². The molecule has 4 aliphatic rings. The Kier molecular flexibility index (Phi) is 5.03. The van der Waals surface area contributed by atoms with Crippen molar-refractivity contribution in [3.05, 3.63) is 60.0 Å². The van der Waals surface area contributed by atoms with Gasteiger partial charge in [-0.15, -0.1) is 0 Å². The first-order valence-corrected chi connectivity index (χ1v) is 13.7. The van der Waals surface area contributed by atoms with Crippen molar-refractivity contribution in [3.63, 3.8) is 0 Å². The van der Waals surface area contributed by atoms with Crippen molar-refractivity contribution in [1.29, 1.82) is 0 Å². The zero-order chi connectivity index (χ0) is 24.3. The minimum Gasteiger partial charge on any atom is -0.355 e. The van der Waals surface area contributed by atoms with Crippen molar-refractivity contribution in [2.24, 2.45) is 5.41 Å². The molecule has 1 amide bonds. The molecule has 4 heterocycles. The lowest BCUT2D eigenvalue weighted by molar-refractivity contribution is -0.124. The van der Waals surface area contributed by atoms with Gasteiger partial charge in [0.1, 0.15) is 16.4 Å². The molecule has 1 saturated heterocycles. The highest BCUT2D eigenvalue weighted by atomic mass is 32.2. The summed E-state index contributed by atoms with van der Waals surface area (Å²) in [5.74, 6) is 1.86. The lowest BCUT2D eigenvalue weighted by atomic mass is 9.73. The molecule has 1 N–H and O–H groups in total. The van der Waals surface area contributed by atoms with Gasteiger partial charge in [0.05, 0.1) is 18.1 Å². The van der Waals surface area contributed by atoms with Gasteiger partial charge < -0.3 is 15.1 Å². The predicted molar refractivity (Wildman–Crippen MR) is 142 cm³/mol. The number of fused-ring (bicyclic) bond motifs is 2. The van der Waals surface area contributed by atoms with E-state index in [-0.39, 0.29) is 5.91 Å². The molecule has 1 saturated carbocycles.